The Balaban J connectivity index is 3.21. The van der Waals surface area contributed by atoms with Crippen molar-refractivity contribution < 1.29 is 10.0 Å². The van der Waals surface area contributed by atoms with Crippen LogP contribution in [0.4, 0.5) is 11.4 Å². The molecule has 1 aromatic rings. The molecule has 1 N–H and O–H groups in total. The number of nitrogens with zero attached hydrogens (tertiary/aromatic N) is 3. The van der Waals surface area contributed by atoms with Gasteiger partial charge in [0.2, 0.25) is 0 Å². The zero-order valence-electron chi connectivity index (χ0n) is 11.7. The van der Waals surface area contributed by atoms with Gasteiger partial charge in [-0.2, -0.15) is 5.26 Å². The van der Waals surface area contributed by atoms with E-state index in [0.29, 0.717) is 6.54 Å². The van der Waals surface area contributed by atoms with Gasteiger partial charge in [-0.3, -0.25) is 10.1 Å². The maximum absolute atomic E-state index is 10.8. The van der Waals surface area contributed by atoms with Gasteiger partial charge in [0.05, 0.1) is 11.5 Å². The molecule has 0 bridgehead atoms. The monoisotopic (exact) mass is 277 g/mol. The van der Waals surface area contributed by atoms with E-state index in [4.69, 9.17) is 5.26 Å². The molecule has 0 aliphatic heterocycles. The van der Waals surface area contributed by atoms with E-state index >= 15 is 0 Å². The van der Waals surface area contributed by atoms with E-state index in [9.17, 15) is 15.2 Å². The van der Waals surface area contributed by atoms with Crippen LogP contribution in [-0.2, 0) is 0 Å². The van der Waals surface area contributed by atoms with Crippen LogP contribution < -0.4 is 4.90 Å². The van der Waals surface area contributed by atoms with Gasteiger partial charge in [0.25, 0.3) is 5.69 Å². The van der Waals surface area contributed by atoms with Crippen molar-refractivity contribution in [3.05, 3.63) is 33.9 Å². The Morgan fingerprint density at radius 1 is 1.45 bits per heavy atom. The minimum Gasteiger partial charge on any atom is -0.395 e. The fourth-order valence-electron chi connectivity index (χ4n) is 2.31. The number of hydrogen-bond acceptors (Lipinski definition) is 5. The highest BCUT2D eigenvalue weighted by Crippen LogP contribution is 2.26. The lowest BCUT2D eigenvalue weighted by Crippen LogP contribution is -2.36. The summed E-state index contributed by atoms with van der Waals surface area (Å²) < 4.78 is 0. The number of nitro groups is 1. The maximum Gasteiger partial charge on any atom is 0.287 e. The molecule has 0 heterocycles. The molecule has 1 rings (SSSR count). The first kappa shape index (κ1) is 15.9. The van der Waals surface area contributed by atoms with Gasteiger partial charge in [0.1, 0.15) is 11.6 Å². The minimum absolute atomic E-state index is 0.00459. The molecule has 0 amide bonds. The SMILES string of the molecule is CCC(CC)N(CCO)c1ccc([N+](=O)[O-])c(C#N)c1. The van der Waals surface area contributed by atoms with Crippen molar-refractivity contribution in [3.8, 4) is 6.07 Å². The Bertz CT molecular complexity index is 507. The second-order valence-electron chi connectivity index (χ2n) is 4.46. The molecule has 0 aromatic heterocycles. The fourth-order valence-corrected chi connectivity index (χ4v) is 2.31. The predicted molar refractivity (Wildman–Crippen MR) is 76.6 cm³/mol. The highest BCUT2D eigenvalue weighted by molar-refractivity contribution is 5.60. The van der Waals surface area contributed by atoms with Crippen molar-refractivity contribution in [3.63, 3.8) is 0 Å². The smallest absolute Gasteiger partial charge is 0.287 e. The number of aliphatic hydroxyl groups is 1. The molecule has 0 fully saturated rings. The first-order valence-corrected chi connectivity index (χ1v) is 6.65. The molecule has 0 unspecified atom stereocenters. The molecule has 20 heavy (non-hydrogen) atoms. The van der Waals surface area contributed by atoms with Gasteiger partial charge in [-0.15, -0.1) is 0 Å². The van der Waals surface area contributed by atoms with Crippen LogP contribution in [0.3, 0.4) is 0 Å². The van der Waals surface area contributed by atoms with Crippen LogP contribution >= 0.6 is 0 Å². The Morgan fingerprint density at radius 3 is 2.55 bits per heavy atom. The van der Waals surface area contributed by atoms with Gasteiger partial charge < -0.3 is 10.0 Å². The van der Waals surface area contributed by atoms with Gasteiger partial charge >= 0.3 is 0 Å². The second kappa shape index (κ2) is 7.46. The fraction of sp³-hybridized carbons (Fsp3) is 0.500. The van der Waals surface area contributed by atoms with E-state index in [1.807, 2.05) is 11.0 Å². The van der Waals surface area contributed by atoms with Gasteiger partial charge in [-0.1, -0.05) is 13.8 Å². The standard InChI is InChI=1S/C14H19N3O3/c1-3-12(4-2)16(7-8-18)13-5-6-14(17(19)20)11(9-13)10-15/h5-6,9,12,18H,3-4,7-8H2,1-2H3. The molecule has 0 aliphatic carbocycles. The van der Waals surface area contributed by atoms with E-state index in [2.05, 4.69) is 13.8 Å². The van der Waals surface area contributed by atoms with Crippen molar-refractivity contribution >= 4 is 11.4 Å². The zero-order valence-corrected chi connectivity index (χ0v) is 11.7. The van der Waals surface area contributed by atoms with Gasteiger partial charge in [0.15, 0.2) is 0 Å². The molecule has 0 saturated heterocycles. The van der Waals surface area contributed by atoms with Crippen LogP contribution in [0.25, 0.3) is 0 Å². The number of nitro benzene ring substituents is 1. The average Bonchev–Trinajstić information content (AvgIpc) is 2.46. The lowest BCUT2D eigenvalue weighted by molar-refractivity contribution is -0.385. The molecule has 0 radical (unpaired) electrons. The minimum atomic E-state index is -0.560. The van der Waals surface area contributed by atoms with E-state index in [-0.39, 0.29) is 23.9 Å². The normalized spacial score (nSPS) is 10.3. The second-order valence-corrected chi connectivity index (χ2v) is 4.46. The highest BCUT2D eigenvalue weighted by Gasteiger charge is 2.19. The summed E-state index contributed by atoms with van der Waals surface area (Å²) in [6.45, 7) is 4.54. The molecule has 0 saturated carbocycles. The molecule has 0 atom stereocenters. The molecular formula is C14H19N3O3. The molecular weight excluding hydrogens is 258 g/mol. The summed E-state index contributed by atoms with van der Waals surface area (Å²) in [5, 5.41) is 29.1. The van der Waals surface area contributed by atoms with Crippen molar-refractivity contribution in [1.82, 2.24) is 0 Å². The Morgan fingerprint density at radius 2 is 2.10 bits per heavy atom. The number of nitriles is 1. The molecule has 6 nitrogen and oxygen atoms in total. The van der Waals surface area contributed by atoms with Crippen molar-refractivity contribution in [1.29, 1.82) is 5.26 Å². The predicted octanol–water partition coefficient (Wildman–Crippen LogP) is 2.45. The summed E-state index contributed by atoms with van der Waals surface area (Å²) in [5.74, 6) is 0. The van der Waals surface area contributed by atoms with Gasteiger partial charge in [-0.05, 0) is 25.0 Å². The van der Waals surface area contributed by atoms with E-state index in [0.717, 1.165) is 18.5 Å². The van der Waals surface area contributed by atoms with E-state index in [1.54, 1.807) is 6.07 Å². The Labute approximate surface area is 118 Å². The number of aliphatic hydroxyl groups excluding tert-OH is 1. The van der Waals surface area contributed by atoms with Crippen molar-refractivity contribution in [2.24, 2.45) is 0 Å². The third-order valence-corrected chi connectivity index (χ3v) is 3.35. The first-order valence-electron chi connectivity index (χ1n) is 6.65. The van der Waals surface area contributed by atoms with Crippen LogP contribution in [0.1, 0.15) is 32.3 Å². The number of hydrogen-bond donors (Lipinski definition) is 1. The number of rotatable bonds is 7. The van der Waals surface area contributed by atoms with Crippen LogP contribution in [-0.4, -0.2) is 29.2 Å². The Hall–Kier alpha value is -2.13. The topological polar surface area (TPSA) is 90.4 Å². The van der Waals surface area contributed by atoms with Crippen molar-refractivity contribution in [2.45, 2.75) is 32.7 Å². The maximum atomic E-state index is 10.8. The van der Waals surface area contributed by atoms with E-state index < -0.39 is 4.92 Å². The summed E-state index contributed by atoms with van der Waals surface area (Å²) in [7, 11) is 0. The first-order chi connectivity index (χ1) is 9.58. The summed E-state index contributed by atoms with van der Waals surface area (Å²) in [6, 6.07) is 6.59. The number of benzene rings is 1. The summed E-state index contributed by atoms with van der Waals surface area (Å²) in [5.41, 5.74) is 0.584. The number of anilines is 1. The molecule has 1 aromatic carbocycles. The lowest BCUT2D eigenvalue weighted by Gasteiger charge is -2.32. The van der Waals surface area contributed by atoms with Crippen molar-refractivity contribution in [2.75, 3.05) is 18.1 Å². The lowest BCUT2D eigenvalue weighted by atomic mass is 10.1. The molecule has 0 aliphatic rings. The quantitative estimate of drug-likeness (QED) is 0.610. The van der Waals surface area contributed by atoms with Gasteiger partial charge in [0, 0.05) is 24.3 Å². The largest absolute Gasteiger partial charge is 0.395 e. The van der Waals surface area contributed by atoms with Crippen LogP contribution in [0, 0.1) is 21.4 Å². The average molecular weight is 277 g/mol. The van der Waals surface area contributed by atoms with Crippen LogP contribution in [0.5, 0.6) is 0 Å². The molecule has 0 spiro atoms. The summed E-state index contributed by atoms with van der Waals surface area (Å²) >= 11 is 0. The highest BCUT2D eigenvalue weighted by atomic mass is 16.6. The third-order valence-electron chi connectivity index (χ3n) is 3.35. The van der Waals surface area contributed by atoms with Crippen LogP contribution in [0.2, 0.25) is 0 Å². The van der Waals surface area contributed by atoms with E-state index in [1.165, 1.54) is 12.1 Å². The Kier molecular flexibility index (Phi) is 5.94. The van der Waals surface area contributed by atoms with Crippen LogP contribution in [0.15, 0.2) is 18.2 Å². The molecule has 6 heteroatoms. The summed E-state index contributed by atoms with van der Waals surface area (Å²) in [6.07, 6.45) is 1.80. The van der Waals surface area contributed by atoms with Gasteiger partial charge in [-0.25, -0.2) is 0 Å². The third kappa shape index (κ3) is 3.45. The summed E-state index contributed by atoms with van der Waals surface area (Å²) in [4.78, 5) is 12.3. The zero-order chi connectivity index (χ0) is 15.1. The molecule has 108 valence electrons.